The minimum Gasteiger partial charge on any atom is -0.465 e. The summed E-state index contributed by atoms with van der Waals surface area (Å²) >= 11 is 0. The van der Waals surface area contributed by atoms with Crippen molar-refractivity contribution in [3.8, 4) is 0 Å². The van der Waals surface area contributed by atoms with Gasteiger partial charge in [-0.25, -0.2) is 9.59 Å². The van der Waals surface area contributed by atoms with Crippen molar-refractivity contribution in [2.75, 3.05) is 19.7 Å². The first-order valence-electron chi connectivity index (χ1n) is 4.54. The number of nitrogens with one attached hydrogen (secondary N) is 2. The standard InChI is InChI=1S/C8H16N2O4/c1-2-4-10-8(13)14-6-3-5-9-7(11)12/h9H,2-6H2,1H3,(H,10,13)(H,11,12). The van der Waals surface area contributed by atoms with Crippen LogP contribution in [0.25, 0.3) is 0 Å². The normalized spacial score (nSPS) is 9.21. The molecule has 0 rings (SSSR count). The maximum Gasteiger partial charge on any atom is 0.407 e. The van der Waals surface area contributed by atoms with Gasteiger partial charge in [-0.2, -0.15) is 0 Å². The Bertz CT molecular complexity index is 184. The van der Waals surface area contributed by atoms with Crippen LogP contribution in [0.4, 0.5) is 9.59 Å². The van der Waals surface area contributed by atoms with Crippen molar-refractivity contribution >= 4 is 12.2 Å². The molecule has 0 saturated heterocycles. The van der Waals surface area contributed by atoms with Gasteiger partial charge in [0.25, 0.3) is 0 Å². The number of carbonyl (C=O) groups excluding carboxylic acids is 1. The molecule has 0 fully saturated rings. The maximum atomic E-state index is 10.8. The summed E-state index contributed by atoms with van der Waals surface area (Å²) in [5.74, 6) is 0. The average molecular weight is 204 g/mol. The molecular formula is C8H16N2O4. The average Bonchev–Trinajstić information content (AvgIpc) is 2.13. The van der Waals surface area contributed by atoms with Crippen LogP contribution in [0.15, 0.2) is 0 Å². The van der Waals surface area contributed by atoms with E-state index in [4.69, 9.17) is 9.84 Å². The van der Waals surface area contributed by atoms with Crippen molar-refractivity contribution in [2.24, 2.45) is 0 Å². The minimum absolute atomic E-state index is 0.218. The topological polar surface area (TPSA) is 87.7 Å². The molecule has 0 atom stereocenters. The van der Waals surface area contributed by atoms with E-state index in [-0.39, 0.29) is 13.2 Å². The second-order valence-corrected chi connectivity index (χ2v) is 2.65. The number of alkyl carbamates (subject to hydrolysis) is 1. The molecule has 0 unspecified atom stereocenters. The van der Waals surface area contributed by atoms with Gasteiger partial charge < -0.3 is 20.5 Å². The largest absolute Gasteiger partial charge is 0.465 e. The fraction of sp³-hybridized carbons (Fsp3) is 0.750. The lowest BCUT2D eigenvalue weighted by Crippen LogP contribution is -2.27. The van der Waals surface area contributed by atoms with Gasteiger partial charge in [0, 0.05) is 13.1 Å². The molecule has 0 aromatic rings. The van der Waals surface area contributed by atoms with Gasteiger partial charge in [0.15, 0.2) is 0 Å². The van der Waals surface area contributed by atoms with Crippen LogP contribution in [0, 0.1) is 0 Å². The Hall–Kier alpha value is -1.46. The molecule has 0 aliphatic rings. The molecule has 2 amide bonds. The second kappa shape index (κ2) is 8.15. The molecule has 0 radical (unpaired) electrons. The lowest BCUT2D eigenvalue weighted by Gasteiger charge is -2.05. The Morgan fingerprint density at radius 2 is 2.00 bits per heavy atom. The van der Waals surface area contributed by atoms with Crippen LogP contribution in [-0.4, -0.2) is 37.0 Å². The molecular weight excluding hydrogens is 188 g/mol. The van der Waals surface area contributed by atoms with Gasteiger partial charge in [0.05, 0.1) is 6.61 Å². The van der Waals surface area contributed by atoms with E-state index in [1.807, 2.05) is 6.92 Å². The second-order valence-electron chi connectivity index (χ2n) is 2.65. The first kappa shape index (κ1) is 12.5. The Labute approximate surface area is 82.6 Å². The maximum absolute atomic E-state index is 10.8. The monoisotopic (exact) mass is 204 g/mol. The van der Waals surface area contributed by atoms with Gasteiger partial charge in [-0.3, -0.25) is 0 Å². The molecule has 6 heteroatoms. The molecule has 0 heterocycles. The van der Waals surface area contributed by atoms with Crippen molar-refractivity contribution in [2.45, 2.75) is 19.8 Å². The third kappa shape index (κ3) is 8.63. The van der Waals surface area contributed by atoms with Gasteiger partial charge in [-0.15, -0.1) is 0 Å². The summed E-state index contributed by atoms with van der Waals surface area (Å²) in [7, 11) is 0. The molecule has 0 aliphatic heterocycles. The predicted molar refractivity (Wildman–Crippen MR) is 50.3 cm³/mol. The molecule has 6 nitrogen and oxygen atoms in total. The van der Waals surface area contributed by atoms with Crippen molar-refractivity contribution in [3.05, 3.63) is 0 Å². The van der Waals surface area contributed by atoms with Crippen molar-refractivity contribution in [1.29, 1.82) is 0 Å². The number of carboxylic acid groups (broad SMARTS) is 1. The van der Waals surface area contributed by atoms with Crippen LogP contribution < -0.4 is 10.6 Å². The summed E-state index contributed by atoms with van der Waals surface area (Å²) in [4.78, 5) is 20.8. The van der Waals surface area contributed by atoms with Crippen LogP contribution >= 0.6 is 0 Å². The van der Waals surface area contributed by atoms with E-state index in [1.54, 1.807) is 0 Å². The fourth-order valence-electron chi connectivity index (χ4n) is 0.710. The van der Waals surface area contributed by atoms with Crippen molar-refractivity contribution in [3.63, 3.8) is 0 Å². The summed E-state index contributed by atoms with van der Waals surface area (Å²) in [6.45, 7) is 3.04. The SMILES string of the molecule is CCCNC(=O)OCCCNC(=O)O. The van der Waals surface area contributed by atoms with E-state index in [0.29, 0.717) is 13.0 Å². The van der Waals surface area contributed by atoms with Gasteiger partial charge in [-0.05, 0) is 12.8 Å². The first-order chi connectivity index (χ1) is 6.66. The molecule has 0 spiro atoms. The minimum atomic E-state index is -1.07. The lowest BCUT2D eigenvalue weighted by molar-refractivity contribution is 0.144. The number of ether oxygens (including phenoxy) is 1. The third-order valence-electron chi connectivity index (χ3n) is 1.35. The zero-order valence-corrected chi connectivity index (χ0v) is 8.21. The Kier molecular flexibility index (Phi) is 7.30. The Morgan fingerprint density at radius 3 is 2.57 bits per heavy atom. The molecule has 0 aromatic heterocycles. The van der Waals surface area contributed by atoms with Crippen LogP contribution in [-0.2, 0) is 4.74 Å². The van der Waals surface area contributed by atoms with E-state index < -0.39 is 12.2 Å². The Morgan fingerprint density at radius 1 is 1.29 bits per heavy atom. The van der Waals surface area contributed by atoms with Crippen LogP contribution in [0.2, 0.25) is 0 Å². The van der Waals surface area contributed by atoms with Gasteiger partial charge in [0.1, 0.15) is 0 Å². The summed E-state index contributed by atoms with van der Waals surface area (Å²) in [6, 6.07) is 0. The van der Waals surface area contributed by atoms with Gasteiger partial charge >= 0.3 is 12.2 Å². The highest BCUT2D eigenvalue weighted by atomic mass is 16.5. The Balaban J connectivity index is 3.19. The lowest BCUT2D eigenvalue weighted by atomic mass is 10.4. The first-order valence-corrected chi connectivity index (χ1v) is 4.54. The van der Waals surface area contributed by atoms with Gasteiger partial charge in [0.2, 0.25) is 0 Å². The summed E-state index contributed by atoms with van der Waals surface area (Å²) in [5.41, 5.74) is 0. The highest BCUT2D eigenvalue weighted by Gasteiger charge is 1.99. The van der Waals surface area contributed by atoms with E-state index in [9.17, 15) is 9.59 Å². The highest BCUT2D eigenvalue weighted by Crippen LogP contribution is 1.83. The van der Waals surface area contributed by atoms with E-state index in [2.05, 4.69) is 10.6 Å². The molecule has 3 N–H and O–H groups in total. The zero-order valence-electron chi connectivity index (χ0n) is 8.21. The van der Waals surface area contributed by atoms with Crippen molar-refractivity contribution < 1.29 is 19.4 Å². The van der Waals surface area contributed by atoms with Crippen LogP contribution in [0.1, 0.15) is 19.8 Å². The van der Waals surface area contributed by atoms with Gasteiger partial charge in [-0.1, -0.05) is 6.92 Å². The molecule has 0 aliphatic carbocycles. The molecule has 0 bridgehead atoms. The third-order valence-corrected chi connectivity index (χ3v) is 1.35. The summed E-state index contributed by atoms with van der Waals surface area (Å²) in [6.07, 6.45) is -0.191. The molecule has 82 valence electrons. The zero-order chi connectivity index (χ0) is 10.8. The predicted octanol–water partition coefficient (Wildman–Crippen LogP) is 0.780. The number of amides is 2. The summed E-state index contributed by atoms with van der Waals surface area (Å²) in [5, 5.41) is 12.9. The number of carbonyl (C=O) groups is 2. The number of rotatable bonds is 6. The van der Waals surface area contributed by atoms with Crippen LogP contribution in [0.5, 0.6) is 0 Å². The molecule has 0 aromatic carbocycles. The molecule has 14 heavy (non-hydrogen) atoms. The summed E-state index contributed by atoms with van der Waals surface area (Å²) < 4.78 is 4.74. The van der Waals surface area contributed by atoms with Crippen molar-refractivity contribution in [1.82, 2.24) is 10.6 Å². The number of hydrogen-bond acceptors (Lipinski definition) is 3. The van der Waals surface area contributed by atoms with E-state index in [1.165, 1.54) is 0 Å². The quantitative estimate of drug-likeness (QED) is 0.558. The highest BCUT2D eigenvalue weighted by molar-refractivity contribution is 5.67. The van der Waals surface area contributed by atoms with E-state index in [0.717, 1.165) is 6.42 Å². The van der Waals surface area contributed by atoms with E-state index >= 15 is 0 Å². The fourth-order valence-corrected chi connectivity index (χ4v) is 0.710. The number of hydrogen-bond donors (Lipinski definition) is 3. The smallest absolute Gasteiger partial charge is 0.407 e. The van der Waals surface area contributed by atoms with Crippen LogP contribution in [0.3, 0.4) is 0 Å². The molecule has 0 saturated carbocycles.